The van der Waals surface area contributed by atoms with Gasteiger partial charge < -0.3 is 24.4 Å². The number of likely N-dealkylation sites (tertiary alicyclic amines) is 1. The normalized spacial score (nSPS) is 14.0. The number of piperidine rings is 1. The van der Waals surface area contributed by atoms with E-state index in [2.05, 4.69) is 26.8 Å². The van der Waals surface area contributed by atoms with Gasteiger partial charge in [0.15, 0.2) is 17.4 Å². The summed E-state index contributed by atoms with van der Waals surface area (Å²) in [5, 5.41) is 11.6. The molecule has 192 valence electrons. The van der Waals surface area contributed by atoms with Crippen LogP contribution in [0.3, 0.4) is 0 Å². The largest absolute Gasteiger partial charge is 0.483 e. The van der Waals surface area contributed by atoms with E-state index >= 15 is 0 Å². The summed E-state index contributed by atoms with van der Waals surface area (Å²) in [5.41, 5.74) is 2.22. The van der Waals surface area contributed by atoms with E-state index in [1.54, 1.807) is 19.2 Å². The van der Waals surface area contributed by atoms with Crippen molar-refractivity contribution in [2.45, 2.75) is 25.8 Å². The van der Waals surface area contributed by atoms with Crippen molar-refractivity contribution in [3.05, 3.63) is 42.9 Å². The molecule has 2 N–H and O–H groups in total. The van der Waals surface area contributed by atoms with Crippen molar-refractivity contribution >= 4 is 28.6 Å². The van der Waals surface area contributed by atoms with Crippen LogP contribution in [0.4, 0.5) is 16.3 Å². The molecule has 36 heavy (non-hydrogen) atoms. The second-order valence-corrected chi connectivity index (χ2v) is 8.36. The zero-order valence-electron chi connectivity index (χ0n) is 21.0. The van der Waals surface area contributed by atoms with Crippen LogP contribution in [0.5, 0.6) is 0 Å². The van der Waals surface area contributed by atoms with Crippen LogP contribution in [0, 0.1) is 0 Å². The van der Waals surface area contributed by atoms with Gasteiger partial charge in [-0.25, -0.2) is 19.4 Å². The number of rotatable bonds is 10. The Morgan fingerprint density at radius 3 is 2.56 bits per heavy atom. The molecule has 0 aliphatic carbocycles. The van der Waals surface area contributed by atoms with E-state index in [1.165, 1.54) is 7.11 Å². The summed E-state index contributed by atoms with van der Waals surface area (Å²) in [6.45, 7) is 9.46. The summed E-state index contributed by atoms with van der Waals surface area (Å²) in [6, 6.07) is 7.52. The maximum absolute atomic E-state index is 11.5. The molecular weight excluding hydrogens is 462 g/mol. The molecule has 1 fully saturated rings. The summed E-state index contributed by atoms with van der Waals surface area (Å²) < 4.78 is 17.4. The third-order valence-electron chi connectivity index (χ3n) is 6.17. The Bertz CT molecular complexity index is 1190. The lowest BCUT2D eigenvalue weighted by Crippen LogP contribution is -2.34. The molecule has 1 aliphatic heterocycles. The number of hydrogen-bond acceptors (Lipinski definition) is 9. The van der Waals surface area contributed by atoms with Gasteiger partial charge in [-0.15, -0.1) is 0 Å². The first-order valence-corrected chi connectivity index (χ1v) is 12.0. The molecule has 2 aromatic heterocycles. The van der Waals surface area contributed by atoms with Gasteiger partial charge in [0.2, 0.25) is 0 Å². The first-order chi connectivity index (χ1) is 17.5. The molecular formula is C25H33N7O4. The number of aromatic nitrogens is 4. The number of benzene rings is 1. The molecule has 1 saturated heterocycles. The van der Waals surface area contributed by atoms with Crippen molar-refractivity contribution in [1.29, 1.82) is 0 Å². The van der Waals surface area contributed by atoms with Gasteiger partial charge in [-0.3, -0.25) is 5.32 Å². The summed E-state index contributed by atoms with van der Waals surface area (Å²) in [4.78, 5) is 23.4. The van der Waals surface area contributed by atoms with Crippen LogP contribution in [0.2, 0.25) is 0 Å². The molecule has 0 atom stereocenters. The minimum atomic E-state index is -0.523. The second-order valence-electron chi connectivity index (χ2n) is 8.36. The molecule has 0 unspecified atom stereocenters. The summed E-state index contributed by atoms with van der Waals surface area (Å²) in [7, 11) is 2.97. The fourth-order valence-electron chi connectivity index (χ4n) is 4.20. The molecule has 4 rings (SSSR count). The lowest BCUT2D eigenvalue weighted by atomic mass is 10.1. The van der Waals surface area contributed by atoms with Crippen molar-refractivity contribution in [1.82, 2.24) is 24.6 Å². The third kappa shape index (κ3) is 5.68. The first-order valence-electron chi connectivity index (χ1n) is 12.0. The van der Waals surface area contributed by atoms with Crippen LogP contribution in [0.15, 0.2) is 42.9 Å². The molecule has 0 saturated carbocycles. The molecule has 0 spiro atoms. The number of amides is 1. The van der Waals surface area contributed by atoms with Crippen LogP contribution >= 0.6 is 0 Å². The molecule has 3 aromatic rings. The van der Waals surface area contributed by atoms with E-state index < -0.39 is 6.09 Å². The SMILES string of the molecule is C=C(OC)N1CCC(n2ncc3c(NCCOCC)nc(-c4ccc(NC(=O)OC)cc4)nc32)CC1. The predicted octanol–water partition coefficient (Wildman–Crippen LogP) is 3.87. The number of anilines is 2. The van der Waals surface area contributed by atoms with E-state index in [0.29, 0.717) is 43.0 Å². The minimum absolute atomic E-state index is 0.203. The van der Waals surface area contributed by atoms with Crippen molar-refractivity contribution in [3.8, 4) is 11.4 Å². The molecule has 1 aromatic carbocycles. The molecule has 0 bridgehead atoms. The van der Waals surface area contributed by atoms with Crippen LogP contribution in [0.1, 0.15) is 25.8 Å². The average molecular weight is 496 g/mol. The first kappa shape index (κ1) is 25.2. The highest BCUT2D eigenvalue weighted by molar-refractivity contribution is 5.88. The van der Waals surface area contributed by atoms with Gasteiger partial charge in [-0.1, -0.05) is 0 Å². The Morgan fingerprint density at radius 1 is 1.14 bits per heavy atom. The molecule has 1 aliphatic rings. The second kappa shape index (κ2) is 11.7. The molecule has 3 heterocycles. The van der Waals surface area contributed by atoms with Gasteiger partial charge in [0, 0.05) is 37.5 Å². The number of fused-ring (bicyclic) bond motifs is 1. The van der Waals surface area contributed by atoms with E-state index in [-0.39, 0.29) is 6.04 Å². The summed E-state index contributed by atoms with van der Waals surface area (Å²) >= 11 is 0. The molecule has 0 radical (unpaired) electrons. The fourth-order valence-corrected chi connectivity index (χ4v) is 4.20. The van der Waals surface area contributed by atoms with E-state index in [0.717, 1.165) is 42.5 Å². The maximum Gasteiger partial charge on any atom is 0.411 e. The average Bonchev–Trinajstić information content (AvgIpc) is 3.35. The Hall–Kier alpha value is -3.86. The quantitative estimate of drug-likeness (QED) is 0.319. The topological polar surface area (TPSA) is 116 Å². The van der Waals surface area contributed by atoms with E-state index in [4.69, 9.17) is 24.5 Å². The van der Waals surface area contributed by atoms with Crippen molar-refractivity contribution in [3.63, 3.8) is 0 Å². The molecule has 11 heteroatoms. The number of hydrogen-bond donors (Lipinski definition) is 2. The number of ether oxygens (including phenoxy) is 3. The number of carbonyl (C=O) groups is 1. The van der Waals surface area contributed by atoms with Crippen LogP contribution in [-0.2, 0) is 14.2 Å². The lowest BCUT2D eigenvalue weighted by molar-refractivity contribution is 0.118. The van der Waals surface area contributed by atoms with Gasteiger partial charge in [0.1, 0.15) is 5.82 Å². The minimum Gasteiger partial charge on any atom is -0.483 e. The highest BCUT2D eigenvalue weighted by atomic mass is 16.5. The third-order valence-corrected chi connectivity index (χ3v) is 6.17. The molecule has 11 nitrogen and oxygen atoms in total. The van der Waals surface area contributed by atoms with Crippen LogP contribution < -0.4 is 10.6 Å². The van der Waals surface area contributed by atoms with Gasteiger partial charge in [-0.2, -0.15) is 5.10 Å². The van der Waals surface area contributed by atoms with Gasteiger partial charge >= 0.3 is 6.09 Å². The van der Waals surface area contributed by atoms with Gasteiger partial charge in [-0.05, 0) is 50.6 Å². The monoisotopic (exact) mass is 495 g/mol. The van der Waals surface area contributed by atoms with E-state index in [1.807, 2.05) is 29.9 Å². The Morgan fingerprint density at radius 2 is 1.89 bits per heavy atom. The molecule has 1 amide bonds. The zero-order valence-corrected chi connectivity index (χ0v) is 21.0. The zero-order chi connectivity index (χ0) is 25.5. The fraction of sp³-hybridized carbons (Fsp3) is 0.440. The highest BCUT2D eigenvalue weighted by Crippen LogP contribution is 2.31. The van der Waals surface area contributed by atoms with Crippen molar-refractivity contribution in [2.75, 3.05) is 57.7 Å². The van der Waals surface area contributed by atoms with Crippen molar-refractivity contribution in [2.24, 2.45) is 0 Å². The smallest absolute Gasteiger partial charge is 0.411 e. The lowest BCUT2D eigenvalue weighted by Gasteiger charge is -2.33. The number of nitrogens with one attached hydrogen (secondary N) is 2. The number of methoxy groups -OCH3 is 2. The van der Waals surface area contributed by atoms with Gasteiger partial charge in [0.25, 0.3) is 0 Å². The number of nitrogens with zero attached hydrogens (tertiary/aromatic N) is 5. The number of carbonyl (C=O) groups excluding carboxylic acids is 1. The van der Waals surface area contributed by atoms with Crippen LogP contribution in [-0.4, -0.2) is 77.8 Å². The van der Waals surface area contributed by atoms with Crippen LogP contribution in [0.25, 0.3) is 22.4 Å². The Labute approximate surface area is 210 Å². The highest BCUT2D eigenvalue weighted by Gasteiger charge is 2.25. The summed E-state index contributed by atoms with van der Waals surface area (Å²) in [6.07, 6.45) is 3.11. The Balaban J connectivity index is 1.64. The Kier molecular flexibility index (Phi) is 8.21. The van der Waals surface area contributed by atoms with Crippen molar-refractivity contribution < 1.29 is 19.0 Å². The summed E-state index contributed by atoms with van der Waals surface area (Å²) in [5.74, 6) is 1.97. The van der Waals surface area contributed by atoms with Gasteiger partial charge in [0.05, 0.1) is 38.5 Å². The maximum atomic E-state index is 11.5. The standard InChI is InChI=1S/C25H33N7O4/c1-5-36-15-12-26-23-21-16-27-32(20-10-13-31(14-11-20)17(2)34-3)24(21)30-22(29-23)18-6-8-19(9-7-18)28-25(33)35-4/h6-9,16,20H,2,5,10-15H2,1,3-4H3,(H,28,33)(H,26,29,30). The van der Waals surface area contributed by atoms with E-state index in [9.17, 15) is 4.79 Å². The predicted molar refractivity (Wildman–Crippen MR) is 138 cm³/mol.